The monoisotopic (exact) mass is 290 g/mol. The third kappa shape index (κ3) is 4.13. The van der Waals surface area contributed by atoms with Crippen LogP contribution in [0.5, 0.6) is 0 Å². The van der Waals surface area contributed by atoms with E-state index in [0.29, 0.717) is 12.2 Å². The van der Waals surface area contributed by atoms with Gasteiger partial charge in [0, 0.05) is 5.56 Å². The lowest BCUT2D eigenvalue weighted by Crippen LogP contribution is -2.53. The molecule has 0 aliphatic carbocycles. The van der Waals surface area contributed by atoms with Crippen LogP contribution in [0.3, 0.4) is 0 Å². The average molecular weight is 290 g/mol. The molecule has 1 aliphatic rings. The van der Waals surface area contributed by atoms with Crippen LogP contribution in [-0.2, 0) is 20.9 Å². The highest BCUT2D eigenvalue weighted by Crippen LogP contribution is 2.10. The van der Waals surface area contributed by atoms with Crippen molar-refractivity contribution in [2.75, 3.05) is 13.1 Å². The number of benzene rings is 1. The molecule has 1 aromatic carbocycles. The van der Waals surface area contributed by atoms with Crippen molar-refractivity contribution in [3.8, 4) is 0 Å². The fourth-order valence-corrected chi connectivity index (χ4v) is 1.97. The molecule has 1 fully saturated rings. The van der Waals surface area contributed by atoms with E-state index in [9.17, 15) is 14.4 Å². The van der Waals surface area contributed by atoms with Crippen molar-refractivity contribution >= 4 is 17.7 Å². The van der Waals surface area contributed by atoms with E-state index in [1.807, 2.05) is 13.8 Å². The highest BCUT2D eigenvalue weighted by atomic mass is 16.5. The summed E-state index contributed by atoms with van der Waals surface area (Å²) in [6, 6.07) is 6.97. The van der Waals surface area contributed by atoms with Gasteiger partial charge in [0.2, 0.25) is 11.8 Å². The minimum atomic E-state index is -0.457. The maximum Gasteiger partial charge on any atom is 0.254 e. The van der Waals surface area contributed by atoms with E-state index in [2.05, 4.69) is 5.32 Å². The molecule has 1 heterocycles. The maximum absolute atomic E-state index is 12.2. The number of carbonyl (C=O) groups excluding carboxylic acids is 3. The molecule has 0 radical (unpaired) electrons. The van der Waals surface area contributed by atoms with Crippen molar-refractivity contribution in [3.05, 3.63) is 35.4 Å². The van der Waals surface area contributed by atoms with Gasteiger partial charge in [-0.2, -0.15) is 0 Å². The second-order valence-electron chi connectivity index (χ2n) is 5.19. The van der Waals surface area contributed by atoms with Crippen molar-refractivity contribution in [2.24, 2.45) is 0 Å². The van der Waals surface area contributed by atoms with E-state index < -0.39 is 11.8 Å². The molecule has 1 N–H and O–H groups in total. The van der Waals surface area contributed by atoms with Crippen LogP contribution >= 0.6 is 0 Å². The van der Waals surface area contributed by atoms with Gasteiger partial charge in [-0.1, -0.05) is 12.1 Å². The molecule has 1 aliphatic heterocycles. The van der Waals surface area contributed by atoms with Crippen LogP contribution in [0.1, 0.15) is 29.8 Å². The van der Waals surface area contributed by atoms with Gasteiger partial charge in [-0.15, -0.1) is 0 Å². The Labute approximate surface area is 123 Å². The van der Waals surface area contributed by atoms with E-state index in [1.165, 1.54) is 4.90 Å². The SMILES string of the molecule is CC(C)OCc1ccc(C(=O)N2CC(=O)NC(=O)C2)cc1. The van der Waals surface area contributed by atoms with Gasteiger partial charge in [-0.3, -0.25) is 19.7 Å². The Morgan fingerprint density at radius 3 is 2.29 bits per heavy atom. The zero-order valence-corrected chi connectivity index (χ0v) is 12.1. The lowest BCUT2D eigenvalue weighted by Gasteiger charge is -2.25. The zero-order chi connectivity index (χ0) is 15.4. The van der Waals surface area contributed by atoms with Crippen molar-refractivity contribution < 1.29 is 19.1 Å². The number of nitrogens with one attached hydrogen (secondary N) is 1. The minimum Gasteiger partial charge on any atom is -0.374 e. The number of nitrogens with zero attached hydrogens (tertiary/aromatic N) is 1. The second-order valence-corrected chi connectivity index (χ2v) is 5.19. The first-order chi connectivity index (χ1) is 9.95. The Kier molecular flexibility index (Phi) is 4.70. The fraction of sp³-hybridized carbons (Fsp3) is 0.400. The van der Waals surface area contributed by atoms with Gasteiger partial charge in [0.1, 0.15) is 13.1 Å². The Hall–Kier alpha value is -2.21. The number of piperazine rings is 1. The van der Waals surface area contributed by atoms with Gasteiger partial charge in [0.25, 0.3) is 5.91 Å². The summed E-state index contributed by atoms with van der Waals surface area (Å²) in [6.07, 6.45) is 0.143. The van der Waals surface area contributed by atoms with Crippen LogP contribution in [0.25, 0.3) is 0 Å². The third-order valence-corrected chi connectivity index (χ3v) is 3.02. The molecular formula is C15H18N2O4. The summed E-state index contributed by atoms with van der Waals surface area (Å²) in [6.45, 7) is 4.20. The second kappa shape index (κ2) is 6.49. The third-order valence-electron chi connectivity index (χ3n) is 3.02. The van der Waals surface area contributed by atoms with Gasteiger partial charge in [-0.05, 0) is 31.5 Å². The molecule has 6 nitrogen and oxygen atoms in total. The van der Waals surface area contributed by atoms with Crippen LogP contribution in [0.4, 0.5) is 0 Å². The lowest BCUT2D eigenvalue weighted by molar-refractivity contribution is -0.135. The summed E-state index contributed by atoms with van der Waals surface area (Å²) in [4.78, 5) is 36.0. The molecule has 0 spiro atoms. The number of ether oxygens (including phenoxy) is 1. The molecule has 112 valence electrons. The molecule has 2 rings (SSSR count). The summed E-state index contributed by atoms with van der Waals surface area (Å²) in [7, 11) is 0. The van der Waals surface area contributed by atoms with E-state index in [0.717, 1.165) is 5.56 Å². The molecule has 0 aromatic heterocycles. The summed E-state index contributed by atoms with van der Waals surface area (Å²) >= 11 is 0. The van der Waals surface area contributed by atoms with E-state index in [-0.39, 0.29) is 25.1 Å². The van der Waals surface area contributed by atoms with Crippen LogP contribution in [-0.4, -0.2) is 41.8 Å². The van der Waals surface area contributed by atoms with Crippen molar-refractivity contribution in [3.63, 3.8) is 0 Å². The molecule has 0 unspecified atom stereocenters. The van der Waals surface area contributed by atoms with Crippen molar-refractivity contribution in [1.29, 1.82) is 0 Å². The summed E-state index contributed by atoms with van der Waals surface area (Å²) in [5.41, 5.74) is 1.42. The highest BCUT2D eigenvalue weighted by Gasteiger charge is 2.26. The van der Waals surface area contributed by atoms with E-state index in [4.69, 9.17) is 4.74 Å². The molecule has 0 saturated carbocycles. The van der Waals surface area contributed by atoms with Crippen molar-refractivity contribution in [2.45, 2.75) is 26.6 Å². The maximum atomic E-state index is 12.2. The number of imide groups is 1. The molecule has 3 amide bonds. The van der Waals surface area contributed by atoms with Gasteiger partial charge in [-0.25, -0.2) is 0 Å². The standard InChI is InChI=1S/C15H18N2O4/c1-10(2)21-9-11-3-5-12(6-4-11)15(20)17-7-13(18)16-14(19)8-17/h3-6,10H,7-9H2,1-2H3,(H,16,18,19). The lowest BCUT2D eigenvalue weighted by atomic mass is 10.1. The highest BCUT2D eigenvalue weighted by molar-refractivity contribution is 6.05. The number of carbonyl (C=O) groups is 3. The zero-order valence-electron chi connectivity index (χ0n) is 12.1. The van der Waals surface area contributed by atoms with Crippen LogP contribution in [0.15, 0.2) is 24.3 Å². The molecule has 0 bridgehead atoms. The Bertz CT molecular complexity index is 535. The summed E-state index contributed by atoms with van der Waals surface area (Å²) in [5, 5.41) is 2.16. The number of hydrogen-bond acceptors (Lipinski definition) is 4. The summed E-state index contributed by atoms with van der Waals surface area (Å²) in [5.74, 6) is -1.24. The normalized spacial score (nSPS) is 15.3. The van der Waals surface area contributed by atoms with Gasteiger partial charge in [0.15, 0.2) is 0 Å². The van der Waals surface area contributed by atoms with Crippen molar-refractivity contribution in [1.82, 2.24) is 10.2 Å². The molecule has 1 saturated heterocycles. The molecular weight excluding hydrogens is 272 g/mol. The largest absolute Gasteiger partial charge is 0.374 e. The molecule has 21 heavy (non-hydrogen) atoms. The first kappa shape index (κ1) is 15.2. The molecule has 1 aromatic rings. The Morgan fingerprint density at radius 2 is 1.76 bits per heavy atom. The van der Waals surface area contributed by atoms with E-state index in [1.54, 1.807) is 24.3 Å². The van der Waals surface area contributed by atoms with Gasteiger partial charge in [0.05, 0.1) is 12.7 Å². The predicted octanol–water partition coefficient (Wildman–Crippen LogP) is 0.710. The molecule has 0 atom stereocenters. The van der Waals surface area contributed by atoms with Gasteiger partial charge < -0.3 is 9.64 Å². The smallest absolute Gasteiger partial charge is 0.254 e. The van der Waals surface area contributed by atoms with Crippen LogP contribution in [0.2, 0.25) is 0 Å². The van der Waals surface area contributed by atoms with Crippen LogP contribution < -0.4 is 5.32 Å². The Balaban J connectivity index is 2.02. The van der Waals surface area contributed by atoms with E-state index >= 15 is 0 Å². The fourth-order valence-electron chi connectivity index (χ4n) is 1.97. The number of amides is 3. The first-order valence-corrected chi connectivity index (χ1v) is 6.78. The predicted molar refractivity (Wildman–Crippen MR) is 75.4 cm³/mol. The van der Waals surface area contributed by atoms with Gasteiger partial charge >= 0.3 is 0 Å². The quantitative estimate of drug-likeness (QED) is 0.829. The minimum absolute atomic E-state index is 0.0945. The first-order valence-electron chi connectivity index (χ1n) is 6.78. The average Bonchev–Trinajstić information content (AvgIpc) is 2.44. The Morgan fingerprint density at radius 1 is 1.19 bits per heavy atom. The van der Waals surface area contributed by atoms with Crippen LogP contribution in [0, 0.1) is 0 Å². The number of hydrogen-bond donors (Lipinski definition) is 1. The topological polar surface area (TPSA) is 75.7 Å². The summed E-state index contributed by atoms with van der Waals surface area (Å²) < 4.78 is 5.48. The molecule has 6 heteroatoms. The number of rotatable bonds is 4.